The first-order valence-corrected chi connectivity index (χ1v) is 7.25. The van der Waals surface area contributed by atoms with Crippen molar-refractivity contribution in [2.75, 3.05) is 0 Å². The van der Waals surface area contributed by atoms with Gasteiger partial charge in [-0.05, 0) is 18.2 Å². The van der Waals surface area contributed by atoms with Crippen molar-refractivity contribution in [3.63, 3.8) is 0 Å². The van der Waals surface area contributed by atoms with Gasteiger partial charge in [-0.1, -0.05) is 41.9 Å². The zero-order chi connectivity index (χ0) is 15.5. The van der Waals surface area contributed by atoms with E-state index in [0.717, 1.165) is 22.2 Å². The monoisotopic (exact) mass is 312 g/mol. The molecule has 0 saturated carbocycles. The number of hydrogen-bond donors (Lipinski definition) is 1. The number of carbonyl (C=O) groups is 1. The summed E-state index contributed by atoms with van der Waals surface area (Å²) < 4.78 is 0. The molecular formula is C17H13ClN2O2. The van der Waals surface area contributed by atoms with Crippen molar-refractivity contribution in [2.45, 2.75) is 12.8 Å². The Balaban J connectivity index is 2.16. The summed E-state index contributed by atoms with van der Waals surface area (Å²) in [4.78, 5) is 19.9. The number of nitrogens with zero attached hydrogens (tertiary/aromatic N) is 2. The van der Waals surface area contributed by atoms with Crippen molar-refractivity contribution in [2.24, 2.45) is 0 Å². The summed E-state index contributed by atoms with van der Waals surface area (Å²) in [6, 6.07) is 14.9. The first-order valence-electron chi connectivity index (χ1n) is 6.87. The average molecular weight is 313 g/mol. The summed E-state index contributed by atoms with van der Waals surface area (Å²) in [5.41, 5.74) is 2.25. The number of aryl methyl sites for hydroxylation is 1. The number of halogens is 1. The molecule has 110 valence electrons. The molecule has 1 heterocycles. The lowest BCUT2D eigenvalue weighted by molar-refractivity contribution is -0.136. The van der Waals surface area contributed by atoms with Gasteiger partial charge in [-0.2, -0.15) is 0 Å². The standard InChI is InChI=1S/C17H13ClN2O2/c18-13-7-3-1-5-11(13)17-19-14-8-4-2-6-12(14)15(20-17)9-10-16(21)22/h1-8H,9-10H2,(H,21,22). The number of benzene rings is 2. The maximum atomic E-state index is 10.9. The van der Waals surface area contributed by atoms with Crippen LogP contribution in [0, 0.1) is 0 Å². The predicted octanol–water partition coefficient (Wildman–Crippen LogP) is 3.97. The Hall–Kier alpha value is -2.46. The van der Waals surface area contributed by atoms with Gasteiger partial charge >= 0.3 is 5.97 Å². The van der Waals surface area contributed by atoms with E-state index in [9.17, 15) is 4.79 Å². The molecule has 0 aliphatic rings. The van der Waals surface area contributed by atoms with E-state index in [2.05, 4.69) is 9.97 Å². The topological polar surface area (TPSA) is 63.1 Å². The van der Waals surface area contributed by atoms with E-state index in [1.807, 2.05) is 42.5 Å². The third-order valence-electron chi connectivity index (χ3n) is 3.37. The lowest BCUT2D eigenvalue weighted by atomic mass is 10.1. The summed E-state index contributed by atoms with van der Waals surface area (Å²) in [5, 5.41) is 10.4. The van der Waals surface area contributed by atoms with E-state index in [-0.39, 0.29) is 6.42 Å². The Labute approximate surface area is 132 Å². The molecule has 3 rings (SSSR count). The van der Waals surface area contributed by atoms with Gasteiger partial charge in [0.25, 0.3) is 0 Å². The third-order valence-corrected chi connectivity index (χ3v) is 3.70. The van der Waals surface area contributed by atoms with Gasteiger partial charge in [0, 0.05) is 17.4 Å². The van der Waals surface area contributed by atoms with Crippen molar-refractivity contribution in [1.82, 2.24) is 9.97 Å². The van der Waals surface area contributed by atoms with Gasteiger partial charge in [-0.25, -0.2) is 9.97 Å². The molecular weight excluding hydrogens is 300 g/mol. The number of fused-ring (bicyclic) bond motifs is 1. The first-order chi connectivity index (χ1) is 10.6. The number of para-hydroxylation sites is 1. The number of rotatable bonds is 4. The molecule has 0 radical (unpaired) electrons. The SMILES string of the molecule is O=C(O)CCc1nc(-c2ccccc2Cl)nc2ccccc12. The van der Waals surface area contributed by atoms with Gasteiger partial charge in [0.1, 0.15) is 0 Å². The molecule has 0 aliphatic heterocycles. The summed E-state index contributed by atoms with van der Waals surface area (Å²) in [6.07, 6.45) is 0.388. The summed E-state index contributed by atoms with van der Waals surface area (Å²) in [6.45, 7) is 0. The van der Waals surface area contributed by atoms with Gasteiger partial charge in [-0.3, -0.25) is 4.79 Å². The highest BCUT2D eigenvalue weighted by atomic mass is 35.5. The third kappa shape index (κ3) is 2.92. The highest BCUT2D eigenvalue weighted by Gasteiger charge is 2.12. The van der Waals surface area contributed by atoms with Crippen LogP contribution >= 0.6 is 11.6 Å². The fourth-order valence-corrected chi connectivity index (χ4v) is 2.54. The molecule has 1 N–H and O–H groups in total. The number of hydrogen-bond acceptors (Lipinski definition) is 3. The maximum Gasteiger partial charge on any atom is 0.303 e. The second-order valence-electron chi connectivity index (χ2n) is 4.88. The van der Waals surface area contributed by atoms with E-state index < -0.39 is 5.97 Å². The number of aliphatic carboxylic acids is 1. The van der Waals surface area contributed by atoms with E-state index in [1.165, 1.54) is 0 Å². The van der Waals surface area contributed by atoms with Gasteiger partial charge < -0.3 is 5.11 Å². The van der Waals surface area contributed by atoms with E-state index in [4.69, 9.17) is 16.7 Å². The zero-order valence-electron chi connectivity index (χ0n) is 11.7. The predicted molar refractivity (Wildman–Crippen MR) is 85.9 cm³/mol. The molecule has 22 heavy (non-hydrogen) atoms. The minimum absolute atomic E-state index is 0.0307. The van der Waals surface area contributed by atoms with Gasteiger partial charge in [0.15, 0.2) is 5.82 Å². The zero-order valence-corrected chi connectivity index (χ0v) is 12.4. The van der Waals surface area contributed by atoms with Crippen LogP contribution in [0.5, 0.6) is 0 Å². The van der Waals surface area contributed by atoms with Crippen LogP contribution in [0.2, 0.25) is 5.02 Å². The van der Waals surface area contributed by atoms with Crippen molar-refractivity contribution in [3.05, 3.63) is 59.2 Å². The Bertz CT molecular complexity index is 849. The summed E-state index contributed by atoms with van der Waals surface area (Å²) >= 11 is 6.22. The molecule has 0 fully saturated rings. The molecule has 0 bridgehead atoms. The molecule has 0 saturated heterocycles. The molecule has 3 aromatic rings. The molecule has 0 aliphatic carbocycles. The lowest BCUT2D eigenvalue weighted by Crippen LogP contribution is -2.03. The first kappa shape index (κ1) is 14.5. The smallest absolute Gasteiger partial charge is 0.303 e. The van der Waals surface area contributed by atoms with Gasteiger partial charge in [0.2, 0.25) is 0 Å². The van der Waals surface area contributed by atoms with E-state index >= 15 is 0 Å². The van der Waals surface area contributed by atoms with E-state index in [0.29, 0.717) is 17.3 Å². The Morgan fingerprint density at radius 3 is 2.55 bits per heavy atom. The minimum atomic E-state index is -0.845. The minimum Gasteiger partial charge on any atom is -0.481 e. The normalized spacial score (nSPS) is 10.8. The van der Waals surface area contributed by atoms with Crippen LogP contribution in [0.1, 0.15) is 12.1 Å². The van der Waals surface area contributed by atoms with Gasteiger partial charge in [-0.15, -0.1) is 0 Å². The highest BCUT2D eigenvalue weighted by molar-refractivity contribution is 6.33. The van der Waals surface area contributed by atoms with Crippen LogP contribution in [-0.4, -0.2) is 21.0 Å². The van der Waals surface area contributed by atoms with Crippen LogP contribution in [0.3, 0.4) is 0 Å². The average Bonchev–Trinajstić information content (AvgIpc) is 2.52. The van der Waals surface area contributed by atoms with Crippen LogP contribution in [0.15, 0.2) is 48.5 Å². The number of carboxylic acid groups (broad SMARTS) is 1. The van der Waals surface area contributed by atoms with Crippen LogP contribution in [-0.2, 0) is 11.2 Å². The molecule has 0 spiro atoms. The highest BCUT2D eigenvalue weighted by Crippen LogP contribution is 2.27. The molecule has 2 aromatic carbocycles. The molecule has 4 nitrogen and oxygen atoms in total. The lowest BCUT2D eigenvalue weighted by Gasteiger charge is -2.09. The quantitative estimate of drug-likeness (QED) is 0.792. The fraction of sp³-hybridized carbons (Fsp3) is 0.118. The van der Waals surface area contributed by atoms with E-state index in [1.54, 1.807) is 6.07 Å². The van der Waals surface area contributed by atoms with Crippen LogP contribution < -0.4 is 0 Å². The van der Waals surface area contributed by atoms with Crippen molar-refractivity contribution >= 4 is 28.5 Å². The Kier molecular flexibility index (Phi) is 4.02. The Morgan fingerprint density at radius 1 is 1.05 bits per heavy atom. The largest absolute Gasteiger partial charge is 0.481 e. The van der Waals surface area contributed by atoms with Crippen molar-refractivity contribution in [1.29, 1.82) is 0 Å². The van der Waals surface area contributed by atoms with Crippen molar-refractivity contribution in [3.8, 4) is 11.4 Å². The summed E-state index contributed by atoms with van der Waals surface area (Å²) in [5.74, 6) is -0.327. The number of carboxylic acids is 1. The maximum absolute atomic E-state index is 10.9. The molecule has 0 atom stereocenters. The van der Waals surface area contributed by atoms with Crippen LogP contribution in [0.4, 0.5) is 0 Å². The fourth-order valence-electron chi connectivity index (χ4n) is 2.32. The Morgan fingerprint density at radius 2 is 1.77 bits per heavy atom. The molecule has 5 heteroatoms. The summed E-state index contributed by atoms with van der Waals surface area (Å²) in [7, 11) is 0. The second kappa shape index (κ2) is 6.12. The molecule has 1 aromatic heterocycles. The second-order valence-corrected chi connectivity index (χ2v) is 5.29. The molecule has 0 amide bonds. The van der Waals surface area contributed by atoms with Gasteiger partial charge in [0.05, 0.1) is 22.7 Å². The van der Waals surface area contributed by atoms with Crippen LogP contribution in [0.25, 0.3) is 22.3 Å². The molecule has 0 unspecified atom stereocenters. The van der Waals surface area contributed by atoms with Crippen molar-refractivity contribution < 1.29 is 9.90 Å². The number of aromatic nitrogens is 2.